The third-order valence-corrected chi connectivity index (χ3v) is 3.98. The van der Waals surface area contributed by atoms with Crippen molar-refractivity contribution in [1.82, 2.24) is 15.0 Å². The SMILES string of the molecule is Cc1nccc(-c2nc(-c3cccc(Br)c3)cs2)n1. The van der Waals surface area contributed by atoms with Gasteiger partial charge in [0.2, 0.25) is 0 Å². The normalized spacial score (nSPS) is 10.6. The van der Waals surface area contributed by atoms with Crippen molar-refractivity contribution in [2.75, 3.05) is 0 Å². The summed E-state index contributed by atoms with van der Waals surface area (Å²) < 4.78 is 1.05. The Bertz CT molecular complexity index is 664. The number of nitrogens with zero attached hydrogens (tertiary/aromatic N) is 3. The molecule has 3 rings (SSSR count). The maximum atomic E-state index is 4.64. The number of aryl methyl sites for hydroxylation is 1. The summed E-state index contributed by atoms with van der Waals surface area (Å²) in [4.78, 5) is 13.1. The fourth-order valence-corrected chi connectivity index (χ4v) is 2.94. The lowest BCUT2D eigenvalue weighted by Crippen LogP contribution is -1.89. The molecule has 0 atom stereocenters. The number of benzene rings is 1. The van der Waals surface area contributed by atoms with Crippen LogP contribution in [0.15, 0.2) is 46.4 Å². The average Bonchev–Trinajstić information content (AvgIpc) is 2.88. The summed E-state index contributed by atoms with van der Waals surface area (Å²) in [6, 6.07) is 10.0. The van der Waals surface area contributed by atoms with Crippen LogP contribution >= 0.6 is 27.3 Å². The fraction of sp³-hybridized carbons (Fsp3) is 0.0714. The molecule has 2 aromatic heterocycles. The summed E-state index contributed by atoms with van der Waals surface area (Å²) in [5.41, 5.74) is 2.94. The van der Waals surface area contributed by atoms with Gasteiger partial charge in [0.1, 0.15) is 16.5 Å². The highest BCUT2D eigenvalue weighted by Crippen LogP contribution is 2.28. The minimum atomic E-state index is 0.761. The molecule has 0 amide bonds. The molecule has 0 spiro atoms. The molecule has 0 aliphatic carbocycles. The van der Waals surface area contributed by atoms with Crippen LogP contribution in [0.4, 0.5) is 0 Å². The molecule has 3 aromatic rings. The molecule has 2 heterocycles. The fourth-order valence-electron chi connectivity index (χ4n) is 1.75. The lowest BCUT2D eigenvalue weighted by molar-refractivity contribution is 1.06. The highest BCUT2D eigenvalue weighted by Gasteiger charge is 2.08. The maximum absolute atomic E-state index is 4.64. The average molecular weight is 332 g/mol. The molecule has 0 aliphatic rings. The second-order valence-electron chi connectivity index (χ2n) is 4.04. The van der Waals surface area contributed by atoms with E-state index in [4.69, 9.17) is 0 Å². The second kappa shape index (κ2) is 5.19. The summed E-state index contributed by atoms with van der Waals surface area (Å²) >= 11 is 5.07. The van der Waals surface area contributed by atoms with Gasteiger partial charge in [-0.1, -0.05) is 28.1 Å². The van der Waals surface area contributed by atoms with E-state index in [0.29, 0.717) is 0 Å². The predicted octanol–water partition coefficient (Wildman–Crippen LogP) is 4.34. The third kappa shape index (κ3) is 2.72. The highest BCUT2D eigenvalue weighted by atomic mass is 79.9. The maximum Gasteiger partial charge on any atom is 0.142 e. The van der Waals surface area contributed by atoms with Crippen LogP contribution in [0.3, 0.4) is 0 Å². The zero-order valence-corrected chi connectivity index (χ0v) is 12.6. The van der Waals surface area contributed by atoms with Crippen molar-refractivity contribution in [3.05, 3.63) is 52.2 Å². The Hall–Kier alpha value is -1.59. The van der Waals surface area contributed by atoms with Gasteiger partial charge >= 0.3 is 0 Å². The molecule has 0 fully saturated rings. The van der Waals surface area contributed by atoms with Crippen molar-refractivity contribution in [1.29, 1.82) is 0 Å². The Labute approximate surface area is 123 Å². The van der Waals surface area contributed by atoms with Crippen LogP contribution in [0, 0.1) is 6.92 Å². The first kappa shape index (κ1) is 12.4. The van der Waals surface area contributed by atoms with Crippen molar-refractivity contribution < 1.29 is 0 Å². The van der Waals surface area contributed by atoms with Crippen LogP contribution in [0.1, 0.15) is 5.82 Å². The van der Waals surface area contributed by atoms with E-state index in [1.54, 1.807) is 17.5 Å². The molecular formula is C14H10BrN3S. The zero-order valence-electron chi connectivity index (χ0n) is 10.2. The molecule has 5 heteroatoms. The quantitative estimate of drug-likeness (QED) is 0.701. The Morgan fingerprint density at radius 1 is 1.11 bits per heavy atom. The predicted molar refractivity (Wildman–Crippen MR) is 81.0 cm³/mol. The Balaban J connectivity index is 2.00. The van der Waals surface area contributed by atoms with E-state index in [0.717, 1.165) is 32.3 Å². The van der Waals surface area contributed by atoms with Gasteiger partial charge in [0, 0.05) is 21.6 Å². The summed E-state index contributed by atoms with van der Waals surface area (Å²) in [6.07, 6.45) is 1.76. The van der Waals surface area contributed by atoms with E-state index < -0.39 is 0 Å². The minimum Gasteiger partial charge on any atom is -0.242 e. The van der Waals surface area contributed by atoms with Gasteiger partial charge in [-0.15, -0.1) is 11.3 Å². The van der Waals surface area contributed by atoms with Gasteiger partial charge in [-0.25, -0.2) is 15.0 Å². The minimum absolute atomic E-state index is 0.761. The van der Waals surface area contributed by atoms with E-state index in [2.05, 4.69) is 48.4 Å². The molecule has 0 saturated carbocycles. The zero-order chi connectivity index (χ0) is 13.2. The van der Waals surface area contributed by atoms with E-state index in [-0.39, 0.29) is 0 Å². The van der Waals surface area contributed by atoms with Gasteiger partial charge in [-0.3, -0.25) is 0 Å². The highest BCUT2D eigenvalue weighted by molar-refractivity contribution is 9.10. The van der Waals surface area contributed by atoms with E-state index in [1.807, 2.05) is 25.1 Å². The first-order chi connectivity index (χ1) is 9.22. The molecule has 0 radical (unpaired) electrons. The van der Waals surface area contributed by atoms with Crippen molar-refractivity contribution >= 4 is 27.3 Å². The largest absolute Gasteiger partial charge is 0.242 e. The number of hydrogen-bond donors (Lipinski definition) is 0. The number of hydrogen-bond acceptors (Lipinski definition) is 4. The van der Waals surface area contributed by atoms with Gasteiger partial charge in [0.25, 0.3) is 0 Å². The van der Waals surface area contributed by atoms with Gasteiger partial charge < -0.3 is 0 Å². The van der Waals surface area contributed by atoms with Crippen molar-refractivity contribution in [2.24, 2.45) is 0 Å². The van der Waals surface area contributed by atoms with Crippen molar-refractivity contribution in [2.45, 2.75) is 6.92 Å². The van der Waals surface area contributed by atoms with E-state index in [9.17, 15) is 0 Å². The summed E-state index contributed by atoms with van der Waals surface area (Å²) in [5.74, 6) is 0.761. The monoisotopic (exact) mass is 331 g/mol. The van der Waals surface area contributed by atoms with E-state index in [1.165, 1.54) is 0 Å². The van der Waals surface area contributed by atoms with Crippen LogP contribution < -0.4 is 0 Å². The lowest BCUT2D eigenvalue weighted by Gasteiger charge is -1.98. The van der Waals surface area contributed by atoms with Gasteiger partial charge in [-0.05, 0) is 25.1 Å². The first-order valence-corrected chi connectivity index (χ1v) is 7.41. The van der Waals surface area contributed by atoms with Crippen LogP contribution in [0.25, 0.3) is 22.0 Å². The molecular weight excluding hydrogens is 322 g/mol. The molecule has 0 bridgehead atoms. The molecule has 0 N–H and O–H groups in total. The summed E-state index contributed by atoms with van der Waals surface area (Å²) in [7, 11) is 0. The van der Waals surface area contributed by atoms with Crippen molar-refractivity contribution in [3.63, 3.8) is 0 Å². The van der Waals surface area contributed by atoms with Gasteiger partial charge in [0.05, 0.1) is 5.69 Å². The number of rotatable bonds is 2. The van der Waals surface area contributed by atoms with Gasteiger partial charge in [0.15, 0.2) is 0 Å². The number of halogens is 1. The summed E-state index contributed by atoms with van der Waals surface area (Å²) in [5, 5.41) is 2.97. The Morgan fingerprint density at radius 3 is 2.79 bits per heavy atom. The van der Waals surface area contributed by atoms with E-state index >= 15 is 0 Å². The standard InChI is InChI=1S/C14H10BrN3S/c1-9-16-6-5-12(17-9)14-18-13(8-19-14)10-3-2-4-11(15)7-10/h2-8H,1H3. The molecule has 0 unspecified atom stereocenters. The molecule has 3 nitrogen and oxygen atoms in total. The molecule has 0 aliphatic heterocycles. The smallest absolute Gasteiger partial charge is 0.142 e. The van der Waals surface area contributed by atoms with Crippen LogP contribution in [0.5, 0.6) is 0 Å². The molecule has 1 aromatic carbocycles. The molecule has 19 heavy (non-hydrogen) atoms. The van der Waals surface area contributed by atoms with Gasteiger partial charge in [-0.2, -0.15) is 0 Å². The number of aromatic nitrogens is 3. The molecule has 94 valence electrons. The third-order valence-electron chi connectivity index (χ3n) is 2.62. The first-order valence-electron chi connectivity index (χ1n) is 5.74. The Kier molecular flexibility index (Phi) is 3.40. The van der Waals surface area contributed by atoms with Crippen molar-refractivity contribution in [3.8, 4) is 22.0 Å². The Morgan fingerprint density at radius 2 is 2.00 bits per heavy atom. The topological polar surface area (TPSA) is 38.7 Å². The summed E-state index contributed by atoms with van der Waals surface area (Å²) in [6.45, 7) is 1.88. The van der Waals surface area contributed by atoms with Crippen LogP contribution in [-0.4, -0.2) is 15.0 Å². The lowest BCUT2D eigenvalue weighted by atomic mass is 10.2. The van der Waals surface area contributed by atoms with Crippen LogP contribution in [0.2, 0.25) is 0 Å². The molecule has 0 saturated heterocycles. The number of thiazole rings is 1. The van der Waals surface area contributed by atoms with Crippen LogP contribution in [-0.2, 0) is 0 Å². The second-order valence-corrected chi connectivity index (χ2v) is 5.81.